The highest BCUT2D eigenvalue weighted by Gasteiger charge is 2.14. The minimum absolute atomic E-state index is 0.411. The molecule has 2 rings (SSSR count). The predicted molar refractivity (Wildman–Crippen MR) is 85.2 cm³/mol. The normalized spacial score (nSPS) is 10.8. The van der Waals surface area contributed by atoms with Crippen LogP contribution in [0.15, 0.2) is 12.3 Å². The second-order valence-corrected chi connectivity index (χ2v) is 5.92. The number of aromatic nitrogens is 3. The highest BCUT2D eigenvalue weighted by atomic mass is 35.5. The molecule has 114 valence electrons. The lowest BCUT2D eigenvalue weighted by Crippen LogP contribution is -3.11. The van der Waals surface area contributed by atoms with Gasteiger partial charge >= 0.3 is 0 Å². The average molecular weight is 356 g/mol. The fourth-order valence-corrected chi connectivity index (χ4v) is 2.86. The van der Waals surface area contributed by atoms with E-state index in [1.54, 1.807) is 21.3 Å². The van der Waals surface area contributed by atoms with Crippen LogP contribution in [0.2, 0.25) is 10.0 Å². The van der Waals surface area contributed by atoms with Crippen molar-refractivity contribution >= 4 is 41.1 Å². The van der Waals surface area contributed by atoms with E-state index in [0.29, 0.717) is 53.1 Å². The third-order valence-electron chi connectivity index (χ3n) is 3.16. The first-order valence-corrected chi connectivity index (χ1v) is 7.75. The van der Waals surface area contributed by atoms with Crippen molar-refractivity contribution in [2.75, 3.05) is 13.1 Å². The lowest BCUT2D eigenvalue weighted by molar-refractivity contribution is -0.922. The van der Waals surface area contributed by atoms with Crippen LogP contribution in [0.4, 0.5) is 0 Å². The summed E-state index contributed by atoms with van der Waals surface area (Å²) in [4.78, 5) is 1.06. The van der Waals surface area contributed by atoms with Crippen molar-refractivity contribution in [3.8, 4) is 12.1 Å². The van der Waals surface area contributed by atoms with Crippen molar-refractivity contribution in [2.24, 2.45) is 0 Å². The topological polar surface area (TPSA) is 74.2 Å². The van der Waals surface area contributed by atoms with Crippen LogP contribution < -0.4 is 4.90 Å². The number of nitrogens with one attached hydrogen (secondary N) is 1. The molecule has 1 N–H and O–H groups in total. The van der Waals surface area contributed by atoms with E-state index >= 15 is 0 Å². The van der Waals surface area contributed by atoms with Gasteiger partial charge < -0.3 is 4.90 Å². The van der Waals surface area contributed by atoms with Gasteiger partial charge in [0.15, 0.2) is 12.3 Å². The van der Waals surface area contributed by atoms with Gasteiger partial charge in [-0.2, -0.15) is 15.2 Å². The van der Waals surface area contributed by atoms with Crippen LogP contribution in [0.1, 0.15) is 12.8 Å². The van der Waals surface area contributed by atoms with E-state index in [1.807, 2.05) is 0 Å². The molecular weight excluding hydrogens is 343 g/mol. The molecule has 0 atom stereocenters. The van der Waals surface area contributed by atoms with Crippen LogP contribution in [-0.4, -0.2) is 27.3 Å². The van der Waals surface area contributed by atoms with Gasteiger partial charge in [-0.15, -0.1) is 5.10 Å². The van der Waals surface area contributed by atoms with Gasteiger partial charge in [0.05, 0.1) is 48.1 Å². The molecule has 2 aromatic rings. The summed E-state index contributed by atoms with van der Waals surface area (Å²) in [6.07, 6.45) is 2.49. The number of pyridine rings is 1. The zero-order chi connectivity index (χ0) is 16.1. The van der Waals surface area contributed by atoms with Gasteiger partial charge in [0, 0.05) is 6.20 Å². The minimum atomic E-state index is 0.411. The third kappa shape index (κ3) is 3.76. The Hall–Kier alpha value is -1.64. The fourth-order valence-electron chi connectivity index (χ4n) is 2.11. The molecular formula is C13H13Cl2N6S+. The van der Waals surface area contributed by atoms with E-state index in [9.17, 15) is 0 Å². The molecule has 0 aliphatic carbocycles. The smallest absolute Gasteiger partial charge is 0.207 e. The molecule has 0 unspecified atom stereocenters. The first kappa shape index (κ1) is 16.7. The molecule has 6 nitrogen and oxygen atoms in total. The van der Waals surface area contributed by atoms with Crippen molar-refractivity contribution in [1.29, 1.82) is 10.5 Å². The van der Waals surface area contributed by atoms with E-state index < -0.39 is 0 Å². The Morgan fingerprint density at radius 3 is 2.45 bits per heavy atom. The first-order valence-electron chi connectivity index (χ1n) is 6.58. The fraction of sp³-hybridized carbons (Fsp3) is 0.385. The highest BCUT2D eigenvalue weighted by molar-refractivity contribution is 7.71. The summed E-state index contributed by atoms with van der Waals surface area (Å²) in [7, 11) is 0. The van der Waals surface area contributed by atoms with Gasteiger partial charge in [-0.05, 0) is 18.3 Å². The van der Waals surface area contributed by atoms with E-state index in [4.69, 9.17) is 45.9 Å². The number of fused-ring (bicyclic) bond motifs is 1. The van der Waals surface area contributed by atoms with Crippen LogP contribution >= 0.6 is 35.4 Å². The summed E-state index contributed by atoms with van der Waals surface area (Å²) in [6, 6.07) is 5.84. The largest absolute Gasteiger partial charge is 0.315 e. The van der Waals surface area contributed by atoms with E-state index in [-0.39, 0.29) is 0 Å². The molecule has 0 aliphatic rings. The first-order chi connectivity index (χ1) is 10.6. The Balaban J connectivity index is 2.31. The SMILES string of the molecule is N#CCC[NH+](CCC#N)Cn1nc2c(Cl)cc(Cl)cn2c1=S. The number of hydrogen-bond donors (Lipinski definition) is 1. The highest BCUT2D eigenvalue weighted by Crippen LogP contribution is 2.21. The monoisotopic (exact) mass is 355 g/mol. The molecule has 0 fully saturated rings. The third-order valence-corrected chi connectivity index (χ3v) is 4.05. The lowest BCUT2D eigenvalue weighted by atomic mass is 10.3. The lowest BCUT2D eigenvalue weighted by Gasteiger charge is -2.16. The molecule has 2 aromatic heterocycles. The maximum Gasteiger partial charge on any atom is 0.207 e. The molecule has 0 aromatic carbocycles. The number of rotatable bonds is 6. The van der Waals surface area contributed by atoms with Gasteiger partial charge in [0.2, 0.25) is 4.77 Å². The molecule has 0 saturated carbocycles. The Labute approximate surface area is 142 Å². The van der Waals surface area contributed by atoms with Crippen molar-refractivity contribution < 1.29 is 4.90 Å². The maximum absolute atomic E-state index is 8.73. The number of halogens is 2. The van der Waals surface area contributed by atoms with E-state index in [0.717, 1.165) is 4.90 Å². The number of nitrogens with zero attached hydrogens (tertiary/aromatic N) is 5. The summed E-state index contributed by atoms with van der Waals surface area (Å²) in [5.74, 6) is 0. The Bertz CT molecular complexity index is 795. The zero-order valence-corrected chi connectivity index (χ0v) is 13.9. The second kappa shape index (κ2) is 7.57. The summed E-state index contributed by atoms with van der Waals surface area (Å²) in [5.41, 5.74) is 0.538. The molecule has 2 heterocycles. The summed E-state index contributed by atoms with van der Waals surface area (Å²) < 4.78 is 3.79. The van der Waals surface area contributed by atoms with Crippen molar-refractivity contribution in [3.63, 3.8) is 0 Å². The van der Waals surface area contributed by atoms with E-state index in [1.165, 1.54) is 0 Å². The van der Waals surface area contributed by atoms with Gasteiger partial charge in [0.1, 0.15) is 0 Å². The average Bonchev–Trinajstić information content (AvgIpc) is 2.79. The zero-order valence-electron chi connectivity index (χ0n) is 11.6. The molecule has 0 aliphatic heterocycles. The second-order valence-electron chi connectivity index (χ2n) is 4.71. The van der Waals surface area contributed by atoms with Crippen molar-refractivity contribution in [1.82, 2.24) is 14.2 Å². The molecule has 0 spiro atoms. The number of hydrogen-bond acceptors (Lipinski definition) is 4. The van der Waals surface area contributed by atoms with Crippen LogP contribution in [0.3, 0.4) is 0 Å². The minimum Gasteiger partial charge on any atom is -0.315 e. The quantitative estimate of drug-likeness (QED) is 0.802. The molecule has 9 heteroatoms. The molecule has 0 saturated heterocycles. The van der Waals surface area contributed by atoms with Crippen LogP contribution in [-0.2, 0) is 6.67 Å². The number of nitriles is 2. The van der Waals surface area contributed by atoms with Crippen LogP contribution in [0, 0.1) is 27.4 Å². The van der Waals surface area contributed by atoms with E-state index in [2.05, 4.69) is 17.2 Å². The standard InChI is InChI=1S/C13H12Cl2N6S/c14-10-7-11(15)12-18-21(13(22)20(12)8-10)9-19(5-1-3-16)6-2-4-17/h7-8H,1-2,5-6,9H2/p+1. The van der Waals surface area contributed by atoms with Crippen molar-refractivity contribution in [3.05, 3.63) is 27.1 Å². The maximum atomic E-state index is 8.73. The Kier molecular flexibility index (Phi) is 5.76. The predicted octanol–water partition coefficient (Wildman–Crippen LogP) is 1.84. The van der Waals surface area contributed by atoms with Crippen LogP contribution in [0.5, 0.6) is 0 Å². The van der Waals surface area contributed by atoms with Gasteiger partial charge in [-0.1, -0.05) is 23.2 Å². The molecule has 0 bridgehead atoms. The number of quaternary nitrogens is 1. The molecule has 0 radical (unpaired) electrons. The Morgan fingerprint density at radius 1 is 1.23 bits per heavy atom. The van der Waals surface area contributed by atoms with Gasteiger partial charge in [0.25, 0.3) is 0 Å². The summed E-state index contributed by atoms with van der Waals surface area (Å²) in [6.45, 7) is 1.72. The Morgan fingerprint density at radius 2 is 1.86 bits per heavy atom. The molecule has 0 amide bonds. The summed E-state index contributed by atoms with van der Waals surface area (Å²) >= 11 is 17.5. The van der Waals surface area contributed by atoms with Gasteiger partial charge in [-0.25, -0.2) is 0 Å². The van der Waals surface area contributed by atoms with Crippen LogP contribution in [0.25, 0.3) is 5.65 Å². The van der Waals surface area contributed by atoms with Crippen molar-refractivity contribution in [2.45, 2.75) is 19.5 Å². The molecule has 22 heavy (non-hydrogen) atoms. The van der Waals surface area contributed by atoms with Gasteiger partial charge in [-0.3, -0.25) is 4.40 Å². The summed E-state index contributed by atoms with van der Waals surface area (Å²) in [5, 5.41) is 22.8.